The Bertz CT molecular complexity index is 1520. The number of hydrogen-bond acceptors (Lipinski definition) is 8. The van der Waals surface area contributed by atoms with Crippen LogP contribution in [0.5, 0.6) is 5.75 Å². The SMILES string of the molecule is O=C(CCCCC1CCSS1)NCc1cn(CCCCCOc2ccc(-c3cc(=O)c4cc(Cl)ccc4o3)cc2)nn1. The van der Waals surface area contributed by atoms with Crippen LogP contribution in [0.15, 0.2) is 63.9 Å². The number of nitrogens with zero attached hydrogens (tertiary/aromatic N) is 3. The highest BCUT2D eigenvalue weighted by molar-refractivity contribution is 8.77. The zero-order valence-electron chi connectivity index (χ0n) is 23.4. The standard InChI is InChI=1S/C31H35ClN4O4S2/c32-23-10-13-29-27(18-23)28(37)19-30(40-29)22-8-11-25(12-9-22)39-16-5-1-4-15-36-21-24(34-35-36)20-33-31(38)7-3-2-6-26-14-17-41-42-26/h8-13,18-19,21,26H,1-7,14-17,20H2,(H,33,38). The van der Waals surface area contributed by atoms with Crippen molar-refractivity contribution in [3.63, 3.8) is 0 Å². The molecule has 4 aromatic rings. The van der Waals surface area contributed by atoms with Crippen LogP contribution in [0.25, 0.3) is 22.3 Å². The molecule has 42 heavy (non-hydrogen) atoms. The predicted octanol–water partition coefficient (Wildman–Crippen LogP) is 7.28. The third-order valence-electron chi connectivity index (χ3n) is 7.09. The summed E-state index contributed by atoms with van der Waals surface area (Å²) in [6, 6.07) is 14.1. The minimum absolute atomic E-state index is 0.0821. The van der Waals surface area contributed by atoms with E-state index in [2.05, 4.69) is 15.6 Å². The molecule has 2 aromatic carbocycles. The summed E-state index contributed by atoms with van der Waals surface area (Å²) in [6.45, 7) is 1.80. The minimum atomic E-state index is -0.128. The molecule has 1 unspecified atom stereocenters. The van der Waals surface area contributed by atoms with E-state index in [4.69, 9.17) is 20.8 Å². The quantitative estimate of drug-likeness (QED) is 0.109. The number of rotatable bonds is 15. The highest BCUT2D eigenvalue weighted by atomic mass is 35.5. The number of halogens is 1. The Hall–Kier alpha value is -2.95. The second-order valence-electron chi connectivity index (χ2n) is 10.4. The van der Waals surface area contributed by atoms with Crippen LogP contribution in [0.2, 0.25) is 5.02 Å². The molecule has 0 bridgehead atoms. The monoisotopic (exact) mass is 626 g/mol. The molecule has 222 valence electrons. The van der Waals surface area contributed by atoms with Gasteiger partial charge in [-0.15, -0.1) is 5.10 Å². The maximum atomic E-state index is 12.5. The molecule has 1 saturated heterocycles. The van der Waals surface area contributed by atoms with Crippen LogP contribution < -0.4 is 15.5 Å². The lowest BCUT2D eigenvalue weighted by Crippen LogP contribution is -2.22. The van der Waals surface area contributed by atoms with Gasteiger partial charge in [0.05, 0.1) is 24.7 Å². The molecule has 5 rings (SSSR count). The van der Waals surface area contributed by atoms with Gasteiger partial charge in [-0.25, -0.2) is 0 Å². The van der Waals surface area contributed by atoms with E-state index in [-0.39, 0.29) is 11.3 Å². The third-order valence-corrected chi connectivity index (χ3v) is 10.3. The number of benzene rings is 2. The summed E-state index contributed by atoms with van der Waals surface area (Å²) < 4.78 is 13.6. The summed E-state index contributed by atoms with van der Waals surface area (Å²) in [4.78, 5) is 24.6. The second kappa shape index (κ2) is 15.5. The van der Waals surface area contributed by atoms with Gasteiger partial charge in [-0.1, -0.05) is 44.8 Å². The summed E-state index contributed by atoms with van der Waals surface area (Å²) >= 11 is 6.00. The summed E-state index contributed by atoms with van der Waals surface area (Å²) in [7, 11) is 3.97. The van der Waals surface area contributed by atoms with Gasteiger partial charge < -0.3 is 14.5 Å². The van der Waals surface area contributed by atoms with E-state index >= 15 is 0 Å². The molecule has 11 heteroatoms. The number of nitrogens with one attached hydrogen (secondary N) is 1. The van der Waals surface area contributed by atoms with Gasteiger partial charge in [0, 0.05) is 40.6 Å². The second-order valence-corrected chi connectivity index (χ2v) is 13.6. The molecular formula is C31H35ClN4O4S2. The van der Waals surface area contributed by atoms with Gasteiger partial charge in [-0.3, -0.25) is 14.3 Å². The maximum Gasteiger partial charge on any atom is 0.220 e. The Morgan fingerprint density at radius 2 is 1.98 bits per heavy atom. The number of fused-ring (bicyclic) bond motifs is 1. The Balaban J connectivity index is 0.950. The smallest absolute Gasteiger partial charge is 0.220 e. The van der Waals surface area contributed by atoms with Gasteiger partial charge >= 0.3 is 0 Å². The molecule has 0 radical (unpaired) electrons. The van der Waals surface area contributed by atoms with Crippen molar-refractivity contribution in [2.75, 3.05) is 12.4 Å². The number of ether oxygens (including phenoxy) is 1. The van der Waals surface area contributed by atoms with Gasteiger partial charge in [-0.05, 0) is 81.0 Å². The first-order valence-electron chi connectivity index (χ1n) is 14.4. The normalized spacial score (nSPS) is 14.8. The third kappa shape index (κ3) is 9.02. The lowest BCUT2D eigenvalue weighted by atomic mass is 10.1. The van der Waals surface area contributed by atoms with Crippen LogP contribution in [0, 0.1) is 0 Å². The Kier molecular flexibility index (Phi) is 11.3. The van der Waals surface area contributed by atoms with E-state index in [1.54, 1.807) is 18.2 Å². The molecule has 1 N–H and O–H groups in total. The van der Waals surface area contributed by atoms with E-state index in [9.17, 15) is 9.59 Å². The van der Waals surface area contributed by atoms with Crippen molar-refractivity contribution >= 4 is 50.1 Å². The average molecular weight is 627 g/mol. The maximum absolute atomic E-state index is 12.5. The highest BCUT2D eigenvalue weighted by Crippen LogP contribution is 2.39. The van der Waals surface area contributed by atoms with Crippen molar-refractivity contribution in [2.24, 2.45) is 0 Å². The molecule has 0 saturated carbocycles. The zero-order valence-corrected chi connectivity index (χ0v) is 25.8. The lowest BCUT2D eigenvalue weighted by Gasteiger charge is -2.08. The number of hydrogen-bond donors (Lipinski definition) is 1. The highest BCUT2D eigenvalue weighted by Gasteiger charge is 2.16. The molecule has 0 aliphatic carbocycles. The van der Waals surface area contributed by atoms with Crippen molar-refractivity contribution in [2.45, 2.75) is 69.7 Å². The van der Waals surface area contributed by atoms with E-state index in [1.807, 2.05) is 56.7 Å². The van der Waals surface area contributed by atoms with Crippen LogP contribution in [0.4, 0.5) is 0 Å². The lowest BCUT2D eigenvalue weighted by molar-refractivity contribution is -0.121. The Morgan fingerprint density at radius 3 is 2.81 bits per heavy atom. The summed E-state index contributed by atoms with van der Waals surface area (Å²) in [5.74, 6) is 2.61. The number of aromatic nitrogens is 3. The molecule has 3 heterocycles. The van der Waals surface area contributed by atoms with Crippen LogP contribution in [0.1, 0.15) is 57.1 Å². The van der Waals surface area contributed by atoms with Crippen LogP contribution >= 0.6 is 33.2 Å². The predicted molar refractivity (Wildman–Crippen MR) is 171 cm³/mol. The molecule has 1 atom stereocenters. The first-order chi connectivity index (χ1) is 20.5. The van der Waals surface area contributed by atoms with E-state index < -0.39 is 0 Å². The van der Waals surface area contributed by atoms with Crippen molar-refractivity contribution < 1.29 is 13.9 Å². The van der Waals surface area contributed by atoms with Gasteiger partial charge in [0.2, 0.25) is 5.91 Å². The molecule has 8 nitrogen and oxygen atoms in total. The number of carbonyl (C=O) groups is 1. The molecule has 1 amide bonds. The fourth-order valence-corrected chi connectivity index (χ4v) is 7.96. The molecule has 1 aliphatic rings. The minimum Gasteiger partial charge on any atom is -0.494 e. The molecule has 2 aromatic heterocycles. The summed E-state index contributed by atoms with van der Waals surface area (Å²) in [6.07, 6.45) is 9.91. The number of unbranched alkanes of at least 4 members (excludes halogenated alkanes) is 3. The van der Waals surface area contributed by atoms with Crippen LogP contribution in [0.3, 0.4) is 0 Å². The van der Waals surface area contributed by atoms with Crippen LogP contribution in [-0.2, 0) is 17.9 Å². The number of amides is 1. The molecule has 1 aliphatic heterocycles. The van der Waals surface area contributed by atoms with Gasteiger partial charge in [-0.2, -0.15) is 0 Å². The zero-order chi connectivity index (χ0) is 29.1. The first-order valence-corrected chi connectivity index (χ1v) is 17.2. The summed E-state index contributed by atoms with van der Waals surface area (Å²) in [5, 5.41) is 13.1. The van der Waals surface area contributed by atoms with E-state index in [0.717, 1.165) is 60.9 Å². The molecule has 0 spiro atoms. The van der Waals surface area contributed by atoms with Crippen molar-refractivity contribution in [1.29, 1.82) is 0 Å². The first kappa shape index (κ1) is 30.5. The fourth-order valence-electron chi connectivity index (χ4n) is 4.76. The van der Waals surface area contributed by atoms with Crippen molar-refractivity contribution in [3.05, 3.63) is 75.7 Å². The molecular weight excluding hydrogens is 592 g/mol. The number of carbonyl (C=O) groups excluding carboxylic acids is 1. The van der Waals surface area contributed by atoms with Crippen molar-refractivity contribution in [3.8, 4) is 17.1 Å². The Labute approximate surface area is 258 Å². The van der Waals surface area contributed by atoms with Crippen LogP contribution in [-0.4, -0.2) is 38.5 Å². The van der Waals surface area contributed by atoms with Gasteiger partial charge in [0.1, 0.15) is 22.8 Å². The number of aryl methyl sites for hydroxylation is 1. The molecule has 1 fully saturated rings. The van der Waals surface area contributed by atoms with E-state index in [1.165, 1.54) is 24.7 Å². The Morgan fingerprint density at radius 1 is 1.10 bits per heavy atom. The van der Waals surface area contributed by atoms with Crippen molar-refractivity contribution in [1.82, 2.24) is 20.3 Å². The van der Waals surface area contributed by atoms with Gasteiger partial charge in [0.25, 0.3) is 0 Å². The summed E-state index contributed by atoms with van der Waals surface area (Å²) in [5.41, 5.74) is 1.96. The largest absolute Gasteiger partial charge is 0.494 e. The topological polar surface area (TPSA) is 99.2 Å². The van der Waals surface area contributed by atoms with E-state index in [0.29, 0.717) is 41.3 Å². The van der Waals surface area contributed by atoms with Gasteiger partial charge in [0.15, 0.2) is 5.43 Å². The fraction of sp³-hybridized carbons (Fsp3) is 0.419. The average Bonchev–Trinajstić information content (AvgIpc) is 3.69.